The first kappa shape index (κ1) is 13.1. The van der Waals surface area contributed by atoms with Crippen molar-refractivity contribution in [1.29, 1.82) is 0 Å². The van der Waals surface area contributed by atoms with Gasteiger partial charge >= 0.3 is 5.97 Å². The molecule has 0 saturated heterocycles. The number of benzene rings is 2. The Kier molecular flexibility index (Phi) is 4.51. The van der Waals surface area contributed by atoms with Crippen molar-refractivity contribution in [1.82, 2.24) is 0 Å². The molecule has 0 aliphatic heterocycles. The number of carbonyl (C=O) groups excluding carboxylic acids is 1. The Labute approximate surface area is 113 Å². The zero-order valence-corrected chi connectivity index (χ0v) is 10.9. The van der Waals surface area contributed by atoms with E-state index in [4.69, 9.17) is 4.74 Å². The fourth-order valence-corrected chi connectivity index (χ4v) is 1.74. The van der Waals surface area contributed by atoms with E-state index < -0.39 is 0 Å². The fraction of sp³-hybridized carbons (Fsp3) is 0.118. The molecule has 2 nitrogen and oxygen atoms in total. The SMILES string of the molecule is CCOC(=O)c1cccc(/C=C\c2ccccc2)c1. The number of ether oxygens (including phenoxy) is 1. The van der Waals surface area contributed by atoms with Crippen LogP contribution in [0.15, 0.2) is 54.6 Å². The van der Waals surface area contributed by atoms with Gasteiger partial charge in [-0.3, -0.25) is 0 Å². The van der Waals surface area contributed by atoms with Gasteiger partial charge in [-0.1, -0.05) is 54.6 Å². The van der Waals surface area contributed by atoms with Crippen LogP contribution >= 0.6 is 0 Å². The highest BCUT2D eigenvalue weighted by molar-refractivity contribution is 5.90. The Bertz CT molecular complexity index is 571. The van der Waals surface area contributed by atoms with E-state index in [2.05, 4.69) is 0 Å². The number of esters is 1. The van der Waals surface area contributed by atoms with E-state index in [-0.39, 0.29) is 5.97 Å². The fourth-order valence-electron chi connectivity index (χ4n) is 1.74. The third-order valence-corrected chi connectivity index (χ3v) is 2.67. The molecule has 0 radical (unpaired) electrons. The minimum Gasteiger partial charge on any atom is -0.462 e. The van der Waals surface area contributed by atoms with Gasteiger partial charge < -0.3 is 4.74 Å². The lowest BCUT2D eigenvalue weighted by atomic mass is 10.1. The van der Waals surface area contributed by atoms with Gasteiger partial charge in [-0.05, 0) is 30.2 Å². The standard InChI is InChI=1S/C17H16O2/c1-2-19-17(18)16-10-6-9-15(13-16)12-11-14-7-4-3-5-8-14/h3-13H,2H2,1H3/b12-11-. The van der Waals surface area contributed by atoms with Crippen molar-refractivity contribution in [3.63, 3.8) is 0 Å². The van der Waals surface area contributed by atoms with E-state index >= 15 is 0 Å². The van der Waals surface area contributed by atoms with Gasteiger partial charge in [0.2, 0.25) is 0 Å². The topological polar surface area (TPSA) is 26.3 Å². The maximum absolute atomic E-state index is 11.6. The molecule has 0 aliphatic carbocycles. The third kappa shape index (κ3) is 3.81. The summed E-state index contributed by atoms with van der Waals surface area (Å²) < 4.78 is 4.98. The second kappa shape index (κ2) is 6.55. The average molecular weight is 252 g/mol. The molecular weight excluding hydrogens is 236 g/mol. The second-order valence-corrected chi connectivity index (χ2v) is 4.09. The normalized spacial score (nSPS) is 10.6. The molecule has 96 valence electrons. The summed E-state index contributed by atoms with van der Waals surface area (Å²) in [6.07, 6.45) is 4.00. The smallest absolute Gasteiger partial charge is 0.338 e. The molecular formula is C17H16O2. The van der Waals surface area contributed by atoms with Crippen LogP contribution in [0.3, 0.4) is 0 Å². The van der Waals surface area contributed by atoms with Crippen molar-refractivity contribution in [2.24, 2.45) is 0 Å². The molecule has 0 aromatic heterocycles. The summed E-state index contributed by atoms with van der Waals surface area (Å²) in [5.41, 5.74) is 2.69. The van der Waals surface area contributed by atoms with E-state index in [1.807, 2.05) is 60.7 Å². The largest absolute Gasteiger partial charge is 0.462 e. The summed E-state index contributed by atoms with van der Waals surface area (Å²) in [6, 6.07) is 17.5. The van der Waals surface area contributed by atoms with Gasteiger partial charge in [-0.15, -0.1) is 0 Å². The molecule has 0 unspecified atom stereocenters. The van der Waals surface area contributed by atoms with Crippen molar-refractivity contribution in [3.8, 4) is 0 Å². The van der Waals surface area contributed by atoms with Crippen LogP contribution in [0.2, 0.25) is 0 Å². The summed E-state index contributed by atoms with van der Waals surface area (Å²) in [4.78, 5) is 11.6. The molecule has 0 heterocycles. The zero-order chi connectivity index (χ0) is 13.5. The molecule has 19 heavy (non-hydrogen) atoms. The van der Waals surface area contributed by atoms with E-state index in [9.17, 15) is 4.79 Å². The Morgan fingerprint density at radius 1 is 1.00 bits per heavy atom. The van der Waals surface area contributed by atoms with Crippen molar-refractivity contribution < 1.29 is 9.53 Å². The van der Waals surface area contributed by atoms with Crippen LogP contribution in [0, 0.1) is 0 Å². The van der Waals surface area contributed by atoms with Crippen LogP contribution in [0.25, 0.3) is 12.2 Å². The summed E-state index contributed by atoms with van der Waals surface area (Å²) in [7, 11) is 0. The Hall–Kier alpha value is -2.35. The lowest BCUT2D eigenvalue weighted by Gasteiger charge is -2.02. The molecule has 0 saturated carbocycles. The maximum Gasteiger partial charge on any atom is 0.338 e. The highest BCUT2D eigenvalue weighted by Gasteiger charge is 2.05. The van der Waals surface area contributed by atoms with Crippen LogP contribution in [-0.4, -0.2) is 12.6 Å². The number of carbonyl (C=O) groups is 1. The van der Waals surface area contributed by atoms with Gasteiger partial charge in [0, 0.05) is 0 Å². The molecule has 2 heteroatoms. The molecule has 0 amide bonds. The third-order valence-electron chi connectivity index (χ3n) is 2.67. The van der Waals surface area contributed by atoms with Gasteiger partial charge in [0.25, 0.3) is 0 Å². The quantitative estimate of drug-likeness (QED) is 0.606. The van der Waals surface area contributed by atoms with Crippen molar-refractivity contribution in [3.05, 3.63) is 71.3 Å². The number of hydrogen-bond donors (Lipinski definition) is 0. The molecule has 0 bridgehead atoms. The Balaban J connectivity index is 2.15. The highest BCUT2D eigenvalue weighted by Crippen LogP contribution is 2.11. The first-order chi connectivity index (χ1) is 9.29. The first-order valence-electron chi connectivity index (χ1n) is 6.30. The zero-order valence-electron chi connectivity index (χ0n) is 10.9. The van der Waals surface area contributed by atoms with Gasteiger partial charge in [0.05, 0.1) is 12.2 Å². The summed E-state index contributed by atoms with van der Waals surface area (Å²) in [6.45, 7) is 2.19. The molecule has 0 N–H and O–H groups in total. The average Bonchev–Trinajstić information content (AvgIpc) is 2.47. The summed E-state index contributed by atoms with van der Waals surface area (Å²) >= 11 is 0. The highest BCUT2D eigenvalue weighted by atomic mass is 16.5. The molecule has 0 aliphatic rings. The van der Waals surface area contributed by atoms with Gasteiger partial charge in [-0.2, -0.15) is 0 Å². The minimum absolute atomic E-state index is 0.280. The van der Waals surface area contributed by atoms with E-state index in [1.54, 1.807) is 13.0 Å². The lowest BCUT2D eigenvalue weighted by Crippen LogP contribution is -2.04. The predicted molar refractivity (Wildman–Crippen MR) is 77.8 cm³/mol. The van der Waals surface area contributed by atoms with E-state index in [1.165, 1.54) is 0 Å². The molecule has 2 rings (SSSR count). The van der Waals surface area contributed by atoms with Crippen LogP contribution in [-0.2, 0) is 4.74 Å². The first-order valence-corrected chi connectivity index (χ1v) is 6.30. The number of rotatable bonds is 4. The molecule has 0 spiro atoms. The van der Waals surface area contributed by atoms with Gasteiger partial charge in [-0.25, -0.2) is 4.79 Å². The number of hydrogen-bond acceptors (Lipinski definition) is 2. The predicted octanol–water partition coefficient (Wildman–Crippen LogP) is 4.03. The van der Waals surface area contributed by atoms with Crippen LogP contribution in [0.5, 0.6) is 0 Å². The van der Waals surface area contributed by atoms with Gasteiger partial charge in [0.15, 0.2) is 0 Å². The van der Waals surface area contributed by atoms with Crippen molar-refractivity contribution >= 4 is 18.1 Å². The minimum atomic E-state index is -0.280. The van der Waals surface area contributed by atoms with Crippen molar-refractivity contribution in [2.45, 2.75) is 6.92 Å². The maximum atomic E-state index is 11.6. The molecule has 0 atom stereocenters. The van der Waals surface area contributed by atoms with E-state index in [0.29, 0.717) is 12.2 Å². The van der Waals surface area contributed by atoms with Gasteiger partial charge in [0.1, 0.15) is 0 Å². The molecule has 0 fully saturated rings. The summed E-state index contributed by atoms with van der Waals surface area (Å²) in [5.74, 6) is -0.280. The monoisotopic (exact) mass is 252 g/mol. The van der Waals surface area contributed by atoms with Crippen molar-refractivity contribution in [2.75, 3.05) is 6.61 Å². The van der Waals surface area contributed by atoms with Crippen LogP contribution in [0.4, 0.5) is 0 Å². The van der Waals surface area contributed by atoms with Crippen LogP contribution < -0.4 is 0 Å². The summed E-state index contributed by atoms with van der Waals surface area (Å²) in [5, 5.41) is 0. The lowest BCUT2D eigenvalue weighted by molar-refractivity contribution is 0.0526. The second-order valence-electron chi connectivity index (χ2n) is 4.09. The Morgan fingerprint density at radius 3 is 2.42 bits per heavy atom. The van der Waals surface area contributed by atoms with Crippen LogP contribution in [0.1, 0.15) is 28.4 Å². The molecule has 2 aromatic carbocycles. The Morgan fingerprint density at radius 2 is 1.68 bits per heavy atom. The molecule has 2 aromatic rings. The van der Waals surface area contributed by atoms with E-state index in [0.717, 1.165) is 11.1 Å².